The van der Waals surface area contributed by atoms with Crippen LogP contribution in [0, 0.1) is 0 Å². The molecule has 1 heterocycles. The van der Waals surface area contributed by atoms with Crippen molar-refractivity contribution >= 4 is 29.9 Å². The van der Waals surface area contributed by atoms with Gasteiger partial charge in [0.2, 0.25) is 0 Å². The summed E-state index contributed by atoms with van der Waals surface area (Å²) in [6.45, 7) is 1.60. The van der Waals surface area contributed by atoms with Crippen molar-refractivity contribution < 1.29 is 4.79 Å². The average Bonchev–Trinajstić information content (AvgIpc) is 2.39. The van der Waals surface area contributed by atoms with Crippen molar-refractivity contribution in [1.82, 2.24) is 10.2 Å². The van der Waals surface area contributed by atoms with Crippen LogP contribution in [0.1, 0.15) is 23.2 Å². The molecule has 0 atom stereocenters. The Bertz CT molecular complexity index is 404. The number of rotatable bonds is 2. The SMILES string of the molecule is CNC1CCN(C(=O)c2ccccc2Cl)CC1.Cl. The molecule has 1 N–H and O–H groups in total. The molecule has 1 amide bonds. The molecule has 1 saturated heterocycles. The number of piperidine rings is 1. The highest BCUT2D eigenvalue weighted by atomic mass is 35.5. The maximum atomic E-state index is 12.2. The molecule has 0 spiro atoms. The van der Waals surface area contributed by atoms with E-state index in [1.165, 1.54) is 0 Å². The van der Waals surface area contributed by atoms with E-state index in [0.29, 0.717) is 16.6 Å². The van der Waals surface area contributed by atoms with E-state index in [4.69, 9.17) is 11.6 Å². The molecule has 0 unspecified atom stereocenters. The van der Waals surface area contributed by atoms with Gasteiger partial charge in [0.15, 0.2) is 0 Å². The van der Waals surface area contributed by atoms with Crippen molar-refractivity contribution in [2.75, 3.05) is 20.1 Å². The molecule has 0 aromatic heterocycles. The first-order valence-corrected chi connectivity index (χ1v) is 6.31. The van der Waals surface area contributed by atoms with Crippen LogP contribution in [0.3, 0.4) is 0 Å². The lowest BCUT2D eigenvalue weighted by molar-refractivity contribution is 0.0707. The number of benzene rings is 1. The van der Waals surface area contributed by atoms with Crippen LogP contribution >= 0.6 is 24.0 Å². The highest BCUT2D eigenvalue weighted by Gasteiger charge is 2.23. The molecular formula is C13H18Cl2N2O. The van der Waals surface area contributed by atoms with Gasteiger partial charge in [-0.15, -0.1) is 12.4 Å². The molecule has 0 saturated carbocycles. The van der Waals surface area contributed by atoms with Crippen molar-refractivity contribution in [3.05, 3.63) is 34.9 Å². The Kier molecular flexibility index (Phi) is 5.93. The average molecular weight is 289 g/mol. The topological polar surface area (TPSA) is 32.3 Å². The number of hydrogen-bond acceptors (Lipinski definition) is 2. The Morgan fingerprint density at radius 2 is 1.94 bits per heavy atom. The summed E-state index contributed by atoms with van der Waals surface area (Å²) in [5.41, 5.74) is 0.608. The van der Waals surface area contributed by atoms with Crippen LogP contribution in [0.5, 0.6) is 0 Å². The van der Waals surface area contributed by atoms with Crippen molar-refractivity contribution in [3.8, 4) is 0 Å². The van der Waals surface area contributed by atoms with E-state index in [1.807, 2.05) is 24.1 Å². The Labute approximate surface area is 119 Å². The van der Waals surface area contributed by atoms with Crippen molar-refractivity contribution in [2.45, 2.75) is 18.9 Å². The molecule has 0 bridgehead atoms. The third kappa shape index (κ3) is 3.37. The number of hydrogen-bond donors (Lipinski definition) is 1. The van der Waals surface area contributed by atoms with Crippen LogP contribution in [0.25, 0.3) is 0 Å². The smallest absolute Gasteiger partial charge is 0.255 e. The number of carbonyl (C=O) groups excluding carboxylic acids is 1. The monoisotopic (exact) mass is 288 g/mol. The molecule has 1 aromatic carbocycles. The highest BCUT2D eigenvalue weighted by molar-refractivity contribution is 6.33. The standard InChI is InChI=1S/C13H17ClN2O.ClH/c1-15-10-6-8-16(9-7-10)13(17)11-4-2-3-5-12(11)14;/h2-5,10,15H,6-9H2,1H3;1H. The van der Waals surface area contributed by atoms with Crippen molar-refractivity contribution in [2.24, 2.45) is 0 Å². The molecule has 100 valence electrons. The summed E-state index contributed by atoms with van der Waals surface area (Å²) < 4.78 is 0. The summed E-state index contributed by atoms with van der Waals surface area (Å²) in [5.74, 6) is 0.0464. The Balaban J connectivity index is 0.00000162. The normalized spacial score (nSPS) is 16.2. The number of halogens is 2. The molecule has 1 aliphatic heterocycles. The fourth-order valence-corrected chi connectivity index (χ4v) is 2.39. The molecule has 1 aliphatic rings. The van der Waals surface area contributed by atoms with Gasteiger partial charge in [-0.3, -0.25) is 4.79 Å². The van der Waals surface area contributed by atoms with Gasteiger partial charge in [0.1, 0.15) is 0 Å². The Morgan fingerprint density at radius 3 is 2.50 bits per heavy atom. The van der Waals surface area contributed by atoms with Crippen LogP contribution in [0.2, 0.25) is 5.02 Å². The first-order chi connectivity index (χ1) is 8.22. The second kappa shape index (κ2) is 6.98. The summed E-state index contributed by atoms with van der Waals surface area (Å²) in [5, 5.41) is 3.79. The fraction of sp³-hybridized carbons (Fsp3) is 0.462. The summed E-state index contributed by atoms with van der Waals surface area (Å²) in [7, 11) is 1.97. The van der Waals surface area contributed by atoms with E-state index >= 15 is 0 Å². The van der Waals surface area contributed by atoms with Gasteiger partial charge < -0.3 is 10.2 Å². The van der Waals surface area contributed by atoms with Crippen LogP contribution < -0.4 is 5.32 Å². The third-order valence-electron chi connectivity index (χ3n) is 3.29. The summed E-state index contributed by atoms with van der Waals surface area (Å²) in [6, 6.07) is 7.76. The lowest BCUT2D eigenvalue weighted by Gasteiger charge is -2.32. The van der Waals surface area contributed by atoms with E-state index < -0.39 is 0 Å². The zero-order chi connectivity index (χ0) is 12.3. The minimum Gasteiger partial charge on any atom is -0.338 e. The first-order valence-electron chi connectivity index (χ1n) is 5.93. The summed E-state index contributed by atoms with van der Waals surface area (Å²) in [4.78, 5) is 14.1. The van der Waals surface area contributed by atoms with E-state index in [1.54, 1.807) is 12.1 Å². The fourth-order valence-electron chi connectivity index (χ4n) is 2.18. The van der Waals surface area contributed by atoms with Gasteiger partial charge in [-0.05, 0) is 32.0 Å². The molecule has 3 nitrogen and oxygen atoms in total. The Morgan fingerprint density at radius 1 is 1.33 bits per heavy atom. The maximum Gasteiger partial charge on any atom is 0.255 e. The summed E-state index contributed by atoms with van der Waals surface area (Å²) in [6.07, 6.45) is 2.01. The highest BCUT2D eigenvalue weighted by Crippen LogP contribution is 2.19. The molecule has 1 aromatic rings. The molecule has 0 aliphatic carbocycles. The zero-order valence-electron chi connectivity index (χ0n) is 10.4. The van der Waals surface area contributed by atoms with Gasteiger partial charge in [-0.1, -0.05) is 23.7 Å². The number of likely N-dealkylation sites (tertiary alicyclic amines) is 1. The van der Waals surface area contributed by atoms with Gasteiger partial charge in [0.25, 0.3) is 5.91 Å². The Hall–Kier alpha value is -0.770. The largest absolute Gasteiger partial charge is 0.338 e. The predicted octanol–water partition coefficient (Wildman–Crippen LogP) is 2.59. The lowest BCUT2D eigenvalue weighted by Crippen LogP contribution is -2.44. The second-order valence-corrected chi connectivity index (χ2v) is 4.74. The number of amides is 1. The van der Waals surface area contributed by atoms with Gasteiger partial charge in [-0.2, -0.15) is 0 Å². The molecule has 2 rings (SSSR count). The van der Waals surface area contributed by atoms with Crippen LogP contribution in [-0.2, 0) is 0 Å². The van der Waals surface area contributed by atoms with Gasteiger partial charge in [-0.25, -0.2) is 0 Å². The van der Waals surface area contributed by atoms with E-state index in [-0.39, 0.29) is 18.3 Å². The first kappa shape index (κ1) is 15.3. The molecular weight excluding hydrogens is 271 g/mol. The quantitative estimate of drug-likeness (QED) is 0.907. The molecule has 18 heavy (non-hydrogen) atoms. The minimum atomic E-state index is 0. The van der Waals surface area contributed by atoms with Crippen LogP contribution in [0.15, 0.2) is 24.3 Å². The van der Waals surface area contributed by atoms with Gasteiger partial charge in [0.05, 0.1) is 10.6 Å². The number of nitrogens with zero attached hydrogens (tertiary/aromatic N) is 1. The van der Waals surface area contributed by atoms with Crippen molar-refractivity contribution in [1.29, 1.82) is 0 Å². The zero-order valence-corrected chi connectivity index (χ0v) is 11.9. The maximum absolute atomic E-state index is 12.2. The van der Waals surface area contributed by atoms with Gasteiger partial charge in [0, 0.05) is 19.1 Å². The van der Waals surface area contributed by atoms with E-state index in [2.05, 4.69) is 5.32 Å². The second-order valence-electron chi connectivity index (χ2n) is 4.33. The van der Waals surface area contributed by atoms with Crippen LogP contribution in [-0.4, -0.2) is 37.0 Å². The number of nitrogens with one attached hydrogen (secondary N) is 1. The van der Waals surface area contributed by atoms with Gasteiger partial charge >= 0.3 is 0 Å². The molecule has 1 fully saturated rings. The van der Waals surface area contributed by atoms with E-state index in [9.17, 15) is 4.79 Å². The summed E-state index contributed by atoms with van der Waals surface area (Å²) >= 11 is 6.03. The third-order valence-corrected chi connectivity index (χ3v) is 3.62. The molecule has 5 heteroatoms. The lowest BCUT2D eigenvalue weighted by atomic mass is 10.0. The minimum absolute atomic E-state index is 0. The van der Waals surface area contributed by atoms with Crippen LogP contribution in [0.4, 0.5) is 0 Å². The van der Waals surface area contributed by atoms with Crippen molar-refractivity contribution in [3.63, 3.8) is 0 Å². The number of carbonyl (C=O) groups is 1. The van der Waals surface area contributed by atoms with E-state index in [0.717, 1.165) is 25.9 Å². The molecule has 0 radical (unpaired) electrons. The predicted molar refractivity (Wildman–Crippen MR) is 76.7 cm³/mol.